The highest BCUT2D eigenvalue weighted by atomic mass is 16.5. The molecule has 0 N–H and O–H groups in total. The van der Waals surface area contributed by atoms with Crippen LogP contribution in [0.15, 0.2) is 65.3 Å². The van der Waals surface area contributed by atoms with E-state index in [1.807, 2.05) is 61.5 Å². The number of carbonyl (C=O) groups excluding carboxylic acids is 1. The number of hydrogen-bond acceptors (Lipinski definition) is 7. The second-order valence-electron chi connectivity index (χ2n) is 7.80. The summed E-state index contributed by atoms with van der Waals surface area (Å²) < 4.78 is 5.44. The maximum atomic E-state index is 12.8. The van der Waals surface area contributed by atoms with Gasteiger partial charge in [0.25, 0.3) is 5.91 Å². The molecule has 1 aliphatic heterocycles. The first-order valence-corrected chi connectivity index (χ1v) is 10.5. The first-order valence-electron chi connectivity index (χ1n) is 10.5. The second kappa shape index (κ2) is 8.72. The number of carbonyl (C=O) groups is 1. The van der Waals surface area contributed by atoms with Crippen LogP contribution in [-0.2, 0) is 6.54 Å². The molecule has 0 bridgehead atoms. The van der Waals surface area contributed by atoms with Gasteiger partial charge in [-0.15, -0.1) is 5.10 Å². The number of amides is 1. The summed E-state index contributed by atoms with van der Waals surface area (Å²) in [6.07, 6.45) is 1.52. The molecule has 2 aromatic carbocycles. The number of aromatic nitrogens is 5. The topological polar surface area (TPSA) is 93.2 Å². The molecule has 1 saturated heterocycles. The molecule has 9 nitrogen and oxygen atoms in total. The Morgan fingerprint density at radius 2 is 1.75 bits per heavy atom. The van der Waals surface area contributed by atoms with Gasteiger partial charge in [-0.3, -0.25) is 9.69 Å². The van der Waals surface area contributed by atoms with Gasteiger partial charge in [0.05, 0.1) is 18.4 Å². The lowest BCUT2D eigenvalue weighted by Crippen LogP contribution is -2.48. The third kappa shape index (κ3) is 4.28. The molecule has 1 aliphatic rings. The van der Waals surface area contributed by atoms with Crippen LogP contribution in [-0.4, -0.2) is 67.0 Å². The van der Waals surface area contributed by atoms with Gasteiger partial charge in [-0.05, 0) is 19.1 Å². The van der Waals surface area contributed by atoms with Crippen molar-refractivity contribution >= 4 is 5.91 Å². The summed E-state index contributed by atoms with van der Waals surface area (Å²) in [5.41, 5.74) is 3.29. The number of nitrogens with zero attached hydrogens (tertiary/aromatic N) is 7. The molecule has 0 spiro atoms. The van der Waals surface area contributed by atoms with Gasteiger partial charge in [0.1, 0.15) is 0 Å². The number of para-hydroxylation sites is 1. The van der Waals surface area contributed by atoms with Crippen molar-refractivity contribution in [2.45, 2.75) is 13.5 Å². The van der Waals surface area contributed by atoms with Crippen molar-refractivity contribution < 1.29 is 9.32 Å². The molecule has 5 rings (SSSR count). The van der Waals surface area contributed by atoms with Crippen LogP contribution in [0, 0.1) is 6.92 Å². The quantitative estimate of drug-likeness (QED) is 0.481. The summed E-state index contributed by atoms with van der Waals surface area (Å²) in [5.74, 6) is 1.06. The third-order valence-corrected chi connectivity index (χ3v) is 5.49. The van der Waals surface area contributed by atoms with Crippen molar-refractivity contribution in [3.63, 3.8) is 0 Å². The van der Waals surface area contributed by atoms with Crippen LogP contribution in [0.1, 0.15) is 21.9 Å². The van der Waals surface area contributed by atoms with Crippen LogP contribution >= 0.6 is 0 Å². The van der Waals surface area contributed by atoms with Gasteiger partial charge in [0.15, 0.2) is 5.69 Å². The Bertz CT molecular complexity index is 1190. The molecule has 0 radical (unpaired) electrons. The fraction of sp³-hybridized carbons (Fsp3) is 0.261. The summed E-state index contributed by atoms with van der Waals surface area (Å²) in [4.78, 5) is 22.8. The maximum Gasteiger partial charge on any atom is 0.276 e. The molecular weight excluding hydrogens is 406 g/mol. The van der Waals surface area contributed by atoms with Crippen molar-refractivity contribution in [1.29, 1.82) is 0 Å². The van der Waals surface area contributed by atoms with Crippen molar-refractivity contribution in [2.24, 2.45) is 0 Å². The highest BCUT2D eigenvalue weighted by Gasteiger charge is 2.25. The molecule has 1 fully saturated rings. The summed E-state index contributed by atoms with van der Waals surface area (Å²) >= 11 is 0. The Hall–Kier alpha value is -3.85. The fourth-order valence-electron chi connectivity index (χ4n) is 3.65. The predicted molar refractivity (Wildman–Crippen MR) is 117 cm³/mol. The zero-order chi connectivity index (χ0) is 21.9. The van der Waals surface area contributed by atoms with Crippen molar-refractivity contribution in [3.8, 4) is 17.1 Å². The molecule has 32 heavy (non-hydrogen) atoms. The minimum absolute atomic E-state index is 0.105. The van der Waals surface area contributed by atoms with Crippen LogP contribution < -0.4 is 0 Å². The van der Waals surface area contributed by atoms with Crippen LogP contribution in [0.25, 0.3) is 17.1 Å². The molecule has 4 aromatic rings. The van der Waals surface area contributed by atoms with E-state index in [9.17, 15) is 4.79 Å². The molecular formula is C23H23N7O2. The van der Waals surface area contributed by atoms with Crippen molar-refractivity contribution in [1.82, 2.24) is 34.9 Å². The largest absolute Gasteiger partial charge is 0.338 e. The Labute approximate surface area is 185 Å². The fourth-order valence-corrected chi connectivity index (χ4v) is 3.65. The normalized spacial score (nSPS) is 14.6. The number of rotatable bonds is 5. The van der Waals surface area contributed by atoms with Gasteiger partial charge in [-0.1, -0.05) is 53.2 Å². The minimum Gasteiger partial charge on any atom is -0.338 e. The highest BCUT2D eigenvalue weighted by Crippen LogP contribution is 2.17. The third-order valence-electron chi connectivity index (χ3n) is 5.49. The Balaban J connectivity index is 1.17. The van der Waals surface area contributed by atoms with E-state index in [-0.39, 0.29) is 5.91 Å². The first-order chi connectivity index (χ1) is 15.7. The van der Waals surface area contributed by atoms with E-state index in [0.29, 0.717) is 37.0 Å². The van der Waals surface area contributed by atoms with Crippen molar-refractivity contribution in [2.75, 3.05) is 26.2 Å². The zero-order valence-electron chi connectivity index (χ0n) is 17.8. The lowest BCUT2D eigenvalue weighted by atomic mass is 10.1. The van der Waals surface area contributed by atoms with Gasteiger partial charge in [-0.25, -0.2) is 0 Å². The van der Waals surface area contributed by atoms with E-state index in [1.54, 1.807) is 4.90 Å². The van der Waals surface area contributed by atoms with Crippen LogP contribution in [0.2, 0.25) is 0 Å². The van der Waals surface area contributed by atoms with Crippen LogP contribution in [0.5, 0.6) is 0 Å². The number of benzene rings is 2. The van der Waals surface area contributed by atoms with Gasteiger partial charge < -0.3 is 9.42 Å². The molecule has 2 aromatic heterocycles. The molecule has 162 valence electrons. The van der Waals surface area contributed by atoms with E-state index < -0.39 is 0 Å². The molecule has 0 aliphatic carbocycles. The zero-order valence-corrected chi connectivity index (χ0v) is 17.8. The van der Waals surface area contributed by atoms with Gasteiger partial charge in [0.2, 0.25) is 11.7 Å². The maximum absolute atomic E-state index is 12.8. The monoisotopic (exact) mass is 429 g/mol. The SMILES string of the molecule is Cc1ccc(-c2noc(CN3CCN(C(=O)c4cnn(-c5ccccc5)n4)CC3)n2)cc1. The summed E-state index contributed by atoms with van der Waals surface area (Å²) in [6.45, 7) is 5.26. The smallest absolute Gasteiger partial charge is 0.276 e. The number of piperazine rings is 1. The van der Waals surface area contributed by atoms with Gasteiger partial charge in [0, 0.05) is 31.7 Å². The number of aryl methyl sites for hydroxylation is 1. The van der Waals surface area contributed by atoms with E-state index in [2.05, 4.69) is 25.2 Å². The lowest BCUT2D eigenvalue weighted by Gasteiger charge is -2.33. The minimum atomic E-state index is -0.105. The average Bonchev–Trinajstić information content (AvgIpc) is 3.51. The summed E-state index contributed by atoms with van der Waals surface area (Å²) in [5, 5.41) is 12.7. The molecule has 9 heteroatoms. The Kier molecular flexibility index (Phi) is 5.47. The van der Waals surface area contributed by atoms with E-state index in [1.165, 1.54) is 16.6 Å². The van der Waals surface area contributed by atoms with Crippen LogP contribution in [0.3, 0.4) is 0 Å². The van der Waals surface area contributed by atoms with E-state index in [0.717, 1.165) is 24.3 Å². The first kappa shape index (κ1) is 20.1. The number of hydrogen-bond donors (Lipinski definition) is 0. The molecule has 0 saturated carbocycles. The Morgan fingerprint density at radius 3 is 2.50 bits per heavy atom. The second-order valence-corrected chi connectivity index (χ2v) is 7.80. The molecule has 1 amide bonds. The molecule has 0 unspecified atom stereocenters. The molecule has 3 heterocycles. The standard InChI is InChI=1S/C23H23N7O2/c1-17-7-9-18(10-8-17)22-25-21(32-27-22)16-28-11-13-29(14-12-28)23(31)20-15-24-30(26-20)19-5-3-2-4-6-19/h2-10,15H,11-14,16H2,1H3. The Morgan fingerprint density at radius 1 is 1.00 bits per heavy atom. The average molecular weight is 429 g/mol. The van der Waals surface area contributed by atoms with Gasteiger partial charge >= 0.3 is 0 Å². The molecule has 0 atom stereocenters. The van der Waals surface area contributed by atoms with Gasteiger partial charge in [-0.2, -0.15) is 14.9 Å². The summed E-state index contributed by atoms with van der Waals surface area (Å²) in [6, 6.07) is 17.6. The van der Waals surface area contributed by atoms with Crippen molar-refractivity contribution in [3.05, 3.63) is 77.9 Å². The van der Waals surface area contributed by atoms with E-state index in [4.69, 9.17) is 4.52 Å². The van der Waals surface area contributed by atoms with E-state index >= 15 is 0 Å². The summed E-state index contributed by atoms with van der Waals surface area (Å²) in [7, 11) is 0. The predicted octanol–water partition coefficient (Wildman–Crippen LogP) is 2.58. The highest BCUT2D eigenvalue weighted by molar-refractivity contribution is 5.92. The van der Waals surface area contributed by atoms with Crippen LogP contribution in [0.4, 0.5) is 0 Å². The lowest BCUT2D eigenvalue weighted by molar-refractivity contribution is 0.0609.